The Labute approximate surface area is 156 Å². The molecule has 5 nitrogen and oxygen atoms in total. The molecular formula is C18H22N3O2W-. The van der Waals surface area contributed by atoms with Gasteiger partial charge in [0, 0.05) is 33.3 Å². The predicted molar refractivity (Wildman–Crippen MR) is 91.9 cm³/mol. The largest absolute Gasteiger partial charge is 0.694 e. The number of aromatic nitrogens is 1. The monoisotopic (exact) mass is 496 g/mol. The van der Waals surface area contributed by atoms with Crippen LogP contribution in [0.3, 0.4) is 0 Å². The summed E-state index contributed by atoms with van der Waals surface area (Å²) >= 11 is 0. The minimum absolute atomic E-state index is 0. The van der Waals surface area contributed by atoms with Crippen molar-refractivity contribution in [3.8, 4) is 0 Å². The molecule has 2 N–H and O–H groups in total. The molecule has 0 saturated carbocycles. The molecule has 1 aromatic carbocycles. The van der Waals surface area contributed by atoms with Gasteiger partial charge >= 0.3 is 0 Å². The van der Waals surface area contributed by atoms with Gasteiger partial charge in [-0.25, -0.2) is 0 Å². The minimum Gasteiger partial charge on any atom is -0.694 e. The molecule has 1 amide bonds. The third-order valence-electron chi connectivity index (χ3n) is 3.99. The topological polar surface area (TPSA) is 74.9 Å². The maximum Gasteiger partial charge on any atom is 0.240 e. The van der Waals surface area contributed by atoms with Crippen LogP contribution in [0, 0.1) is 27.7 Å². The van der Waals surface area contributed by atoms with Crippen molar-refractivity contribution in [1.29, 1.82) is 0 Å². The van der Waals surface area contributed by atoms with E-state index in [2.05, 4.69) is 5.32 Å². The summed E-state index contributed by atoms with van der Waals surface area (Å²) in [5.41, 5.74) is 11.9. The van der Waals surface area contributed by atoms with Gasteiger partial charge in [-0.1, -0.05) is 35.0 Å². The standard InChI is InChI=1S/C18H22N3O2.W/c1-11-5-6-12(2)15(7-11)9-20-16(22)10-21-14(4)8-13(3)17(19)18(21)23;/h5-8,19H,9-10H2,1-4H3,(H,20,22);/q-1;. The Balaban J connectivity index is 0.00000288. The summed E-state index contributed by atoms with van der Waals surface area (Å²) in [4.78, 5) is 24.3. The van der Waals surface area contributed by atoms with Gasteiger partial charge in [0.2, 0.25) is 11.5 Å². The second-order valence-electron chi connectivity index (χ2n) is 5.94. The first-order valence-corrected chi connectivity index (χ1v) is 7.55. The molecule has 1 heterocycles. The molecule has 0 fully saturated rings. The van der Waals surface area contributed by atoms with Crippen LogP contribution in [-0.2, 0) is 38.9 Å². The van der Waals surface area contributed by atoms with Crippen LogP contribution in [0.2, 0.25) is 0 Å². The van der Waals surface area contributed by atoms with Crippen LogP contribution >= 0.6 is 0 Å². The average molecular weight is 496 g/mol. The number of nitrogens with zero attached hydrogens (tertiary/aromatic N) is 1. The molecule has 0 radical (unpaired) electrons. The van der Waals surface area contributed by atoms with Crippen LogP contribution in [0.1, 0.15) is 27.9 Å². The first kappa shape index (κ1) is 20.2. The van der Waals surface area contributed by atoms with E-state index in [0.29, 0.717) is 17.8 Å². The van der Waals surface area contributed by atoms with Crippen LogP contribution in [-0.4, -0.2) is 10.5 Å². The number of amides is 1. The number of hydrogen-bond acceptors (Lipinski definition) is 2. The van der Waals surface area contributed by atoms with E-state index in [1.807, 2.05) is 32.0 Å². The molecule has 0 aliphatic carbocycles. The third-order valence-corrected chi connectivity index (χ3v) is 3.99. The summed E-state index contributed by atoms with van der Waals surface area (Å²) in [7, 11) is 0. The Bertz CT molecular complexity index is 813. The minimum atomic E-state index is -0.426. The Kier molecular flexibility index (Phi) is 6.97. The van der Waals surface area contributed by atoms with Gasteiger partial charge in [-0.3, -0.25) is 9.59 Å². The molecule has 1 aromatic heterocycles. The Morgan fingerprint density at radius 1 is 1.12 bits per heavy atom. The zero-order chi connectivity index (χ0) is 17.1. The molecular weight excluding hydrogens is 474 g/mol. The number of rotatable bonds is 4. The van der Waals surface area contributed by atoms with E-state index in [9.17, 15) is 9.59 Å². The number of hydrogen-bond donors (Lipinski definition) is 1. The SMILES string of the molecule is Cc1ccc(C)c(CNC(=O)Cn2c(C)cc(C)c([NH-])c2=O)c1.[W]. The molecule has 24 heavy (non-hydrogen) atoms. The second-order valence-corrected chi connectivity index (χ2v) is 5.94. The van der Waals surface area contributed by atoms with Gasteiger partial charge in [0.1, 0.15) is 6.54 Å². The molecule has 0 unspecified atom stereocenters. The first-order valence-electron chi connectivity index (χ1n) is 7.55. The summed E-state index contributed by atoms with van der Waals surface area (Å²) in [5.74, 6) is -0.237. The van der Waals surface area contributed by atoms with Crippen molar-refractivity contribution in [3.63, 3.8) is 0 Å². The zero-order valence-corrected chi connectivity index (χ0v) is 17.3. The van der Waals surface area contributed by atoms with Gasteiger partial charge in [-0.2, -0.15) is 0 Å². The summed E-state index contributed by atoms with van der Waals surface area (Å²) in [6.45, 7) is 7.87. The molecule has 0 aliphatic rings. The molecule has 0 spiro atoms. The fourth-order valence-corrected chi connectivity index (χ4v) is 2.51. The van der Waals surface area contributed by atoms with Crippen LogP contribution < -0.4 is 10.9 Å². The molecule has 0 atom stereocenters. The molecule has 2 aromatic rings. The van der Waals surface area contributed by atoms with Crippen LogP contribution in [0.4, 0.5) is 5.69 Å². The van der Waals surface area contributed by atoms with Gasteiger partial charge in [0.25, 0.3) is 0 Å². The summed E-state index contributed by atoms with van der Waals surface area (Å²) in [6.07, 6.45) is 0. The molecule has 0 aliphatic heterocycles. The summed E-state index contributed by atoms with van der Waals surface area (Å²) in [6, 6.07) is 7.85. The quantitative estimate of drug-likeness (QED) is 0.707. The number of nitrogens with one attached hydrogen (secondary N) is 2. The Morgan fingerprint density at radius 3 is 2.46 bits per heavy atom. The first-order chi connectivity index (χ1) is 10.8. The van der Waals surface area contributed by atoms with Crippen molar-refractivity contribution in [2.24, 2.45) is 0 Å². The van der Waals surface area contributed by atoms with E-state index in [1.165, 1.54) is 4.57 Å². The van der Waals surface area contributed by atoms with Crippen LogP contribution in [0.25, 0.3) is 5.73 Å². The van der Waals surface area contributed by atoms with E-state index < -0.39 is 5.56 Å². The van der Waals surface area contributed by atoms with E-state index in [-0.39, 0.29) is 39.2 Å². The fourth-order valence-electron chi connectivity index (χ4n) is 2.51. The maximum atomic E-state index is 12.2. The van der Waals surface area contributed by atoms with Crippen molar-refractivity contribution in [2.75, 3.05) is 0 Å². The Hall–Kier alpha value is -1.87. The van der Waals surface area contributed by atoms with E-state index in [4.69, 9.17) is 5.73 Å². The van der Waals surface area contributed by atoms with E-state index >= 15 is 0 Å². The second kappa shape index (κ2) is 8.29. The zero-order valence-electron chi connectivity index (χ0n) is 14.4. The number of aryl methyl sites for hydroxylation is 4. The van der Waals surface area contributed by atoms with Gasteiger partial charge < -0.3 is 15.6 Å². The predicted octanol–water partition coefficient (Wildman–Crippen LogP) is 3.08. The number of carbonyl (C=O) groups is 1. The molecule has 128 valence electrons. The Morgan fingerprint density at radius 2 is 1.79 bits per heavy atom. The fraction of sp³-hybridized carbons (Fsp3) is 0.333. The maximum absolute atomic E-state index is 12.2. The van der Waals surface area contributed by atoms with Gasteiger partial charge in [0.05, 0.1) is 0 Å². The number of benzene rings is 1. The smallest absolute Gasteiger partial charge is 0.240 e. The number of carbonyl (C=O) groups excluding carboxylic acids is 1. The van der Waals surface area contributed by atoms with E-state index in [1.54, 1.807) is 19.9 Å². The van der Waals surface area contributed by atoms with Crippen molar-refractivity contribution >= 4 is 11.6 Å². The number of pyridine rings is 1. The van der Waals surface area contributed by atoms with Crippen molar-refractivity contribution in [1.82, 2.24) is 9.88 Å². The normalized spacial score (nSPS) is 10.2. The van der Waals surface area contributed by atoms with Gasteiger partial charge in [-0.05, 0) is 44.9 Å². The average Bonchev–Trinajstić information content (AvgIpc) is 2.50. The van der Waals surface area contributed by atoms with Crippen LogP contribution in [0.5, 0.6) is 0 Å². The van der Waals surface area contributed by atoms with Crippen LogP contribution in [0.15, 0.2) is 29.1 Å². The molecule has 6 heteroatoms. The molecule has 0 saturated heterocycles. The van der Waals surface area contributed by atoms with Gasteiger partial charge in [-0.15, -0.1) is 0 Å². The van der Waals surface area contributed by atoms with Gasteiger partial charge in [0.15, 0.2) is 0 Å². The summed E-state index contributed by atoms with van der Waals surface area (Å²) in [5, 5.41) is 2.84. The third kappa shape index (κ3) is 4.57. The van der Waals surface area contributed by atoms with Crippen molar-refractivity contribution in [2.45, 2.75) is 40.8 Å². The van der Waals surface area contributed by atoms with Crippen molar-refractivity contribution < 1.29 is 25.9 Å². The van der Waals surface area contributed by atoms with Crippen molar-refractivity contribution in [3.05, 3.63) is 68.3 Å². The molecule has 2 rings (SSSR count). The summed E-state index contributed by atoms with van der Waals surface area (Å²) < 4.78 is 1.34. The van der Waals surface area contributed by atoms with E-state index in [0.717, 1.165) is 16.7 Å². The molecule has 0 bridgehead atoms.